The molecule has 0 aromatic heterocycles. The first-order chi connectivity index (χ1) is 11.5. The maximum Gasteiger partial charge on any atom is 0.251 e. The van der Waals surface area contributed by atoms with Crippen LogP contribution in [0.25, 0.3) is 0 Å². The SMILES string of the molecule is NC[C@H]1CCC[C@H]1C(=O)NCc1ccc(C(=O)NCC(N)=O)cc1. The predicted octanol–water partition coefficient (Wildman–Crippen LogP) is -0.107. The highest BCUT2D eigenvalue weighted by Gasteiger charge is 2.31. The first-order valence-corrected chi connectivity index (χ1v) is 8.14. The summed E-state index contributed by atoms with van der Waals surface area (Å²) in [5.41, 5.74) is 12.0. The fraction of sp³-hybridized carbons (Fsp3) is 0.471. The molecular weight excluding hydrogens is 308 g/mol. The number of nitrogens with two attached hydrogens (primary N) is 2. The normalized spacial score (nSPS) is 19.7. The molecule has 7 nitrogen and oxygen atoms in total. The second-order valence-corrected chi connectivity index (χ2v) is 6.10. The topological polar surface area (TPSA) is 127 Å². The van der Waals surface area contributed by atoms with E-state index in [9.17, 15) is 14.4 Å². The van der Waals surface area contributed by atoms with Crippen LogP contribution >= 0.6 is 0 Å². The summed E-state index contributed by atoms with van der Waals surface area (Å²) in [6.45, 7) is 0.767. The second-order valence-electron chi connectivity index (χ2n) is 6.10. The van der Waals surface area contributed by atoms with Crippen molar-refractivity contribution in [1.29, 1.82) is 0 Å². The average molecular weight is 332 g/mol. The second kappa shape index (κ2) is 8.44. The van der Waals surface area contributed by atoms with E-state index in [0.29, 0.717) is 18.7 Å². The quantitative estimate of drug-likeness (QED) is 0.555. The number of carbonyl (C=O) groups is 3. The van der Waals surface area contributed by atoms with Gasteiger partial charge in [0.2, 0.25) is 11.8 Å². The summed E-state index contributed by atoms with van der Waals surface area (Å²) in [6, 6.07) is 6.84. The smallest absolute Gasteiger partial charge is 0.251 e. The van der Waals surface area contributed by atoms with Crippen LogP contribution in [0, 0.1) is 11.8 Å². The Morgan fingerprint density at radius 2 is 1.79 bits per heavy atom. The molecule has 6 N–H and O–H groups in total. The zero-order chi connectivity index (χ0) is 17.5. The lowest BCUT2D eigenvalue weighted by Gasteiger charge is -2.17. The van der Waals surface area contributed by atoms with E-state index in [0.717, 1.165) is 24.8 Å². The van der Waals surface area contributed by atoms with Crippen molar-refractivity contribution in [1.82, 2.24) is 10.6 Å². The molecule has 2 rings (SSSR count). The fourth-order valence-corrected chi connectivity index (χ4v) is 3.03. The van der Waals surface area contributed by atoms with E-state index >= 15 is 0 Å². The number of primary amides is 1. The van der Waals surface area contributed by atoms with Gasteiger partial charge in [0.1, 0.15) is 0 Å². The van der Waals surface area contributed by atoms with Gasteiger partial charge >= 0.3 is 0 Å². The van der Waals surface area contributed by atoms with Crippen LogP contribution < -0.4 is 22.1 Å². The van der Waals surface area contributed by atoms with Crippen LogP contribution in [0.15, 0.2) is 24.3 Å². The van der Waals surface area contributed by atoms with Crippen molar-refractivity contribution in [3.05, 3.63) is 35.4 Å². The van der Waals surface area contributed by atoms with Crippen LogP contribution in [-0.4, -0.2) is 30.8 Å². The van der Waals surface area contributed by atoms with E-state index < -0.39 is 5.91 Å². The maximum atomic E-state index is 12.2. The molecule has 1 aliphatic carbocycles. The van der Waals surface area contributed by atoms with E-state index in [1.807, 2.05) is 0 Å². The fourth-order valence-electron chi connectivity index (χ4n) is 3.03. The third-order valence-corrected chi connectivity index (χ3v) is 4.40. The van der Waals surface area contributed by atoms with Crippen molar-refractivity contribution in [3.8, 4) is 0 Å². The molecule has 3 amide bonds. The third-order valence-electron chi connectivity index (χ3n) is 4.40. The number of benzene rings is 1. The molecular formula is C17H24N4O3. The Balaban J connectivity index is 1.84. The molecule has 1 saturated carbocycles. The van der Waals surface area contributed by atoms with Crippen LogP contribution in [0.2, 0.25) is 0 Å². The Labute approximate surface area is 141 Å². The standard InChI is InChI=1S/C17H24N4O3/c18-8-13-2-1-3-14(13)17(24)20-9-11-4-6-12(7-5-11)16(23)21-10-15(19)22/h4-7,13-14H,1-3,8-10,18H2,(H2,19,22)(H,20,24)(H,21,23)/t13-,14-/m1/s1. The highest BCUT2D eigenvalue weighted by Crippen LogP contribution is 2.30. The number of carbonyl (C=O) groups excluding carboxylic acids is 3. The lowest BCUT2D eigenvalue weighted by molar-refractivity contribution is -0.126. The highest BCUT2D eigenvalue weighted by atomic mass is 16.2. The van der Waals surface area contributed by atoms with Crippen molar-refractivity contribution in [3.63, 3.8) is 0 Å². The summed E-state index contributed by atoms with van der Waals surface area (Å²) in [7, 11) is 0. The van der Waals surface area contributed by atoms with Crippen molar-refractivity contribution in [2.45, 2.75) is 25.8 Å². The molecule has 0 bridgehead atoms. The van der Waals surface area contributed by atoms with Crippen molar-refractivity contribution < 1.29 is 14.4 Å². The summed E-state index contributed by atoms with van der Waals surface area (Å²) in [6.07, 6.45) is 2.96. The number of hydrogen-bond acceptors (Lipinski definition) is 4. The largest absolute Gasteiger partial charge is 0.368 e. The first-order valence-electron chi connectivity index (χ1n) is 8.14. The van der Waals surface area contributed by atoms with Gasteiger partial charge in [-0.25, -0.2) is 0 Å². The van der Waals surface area contributed by atoms with Crippen molar-refractivity contribution in [2.24, 2.45) is 23.3 Å². The van der Waals surface area contributed by atoms with E-state index in [2.05, 4.69) is 10.6 Å². The van der Waals surface area contributed by atoms with Crippen molar-refractivity contribution in [2.75, 3.05) is 13.1 Å². The molecule has 0 aliphatic heterocycles. The Hall–Kier alpha value is -2.41. The molecule has 1 aromatic carbocycles. The van der Waals surface area contributed by atoms with Gasteiger partial charge < -0.3 is 22.1 Å². The monoisotopic (exact) mass is 332 g/mol. The van der Waals surface area contributed by atoms with Crippen LogP contribution in [0.3, 0.4) is 0 Å². The molecule has 0 unspecified atom stereocenters. The van der Waals surface area contributed by atoms with Crippen LogP contribution in [0.4, 0.5) is 0 Å². The summed E-state index contributed by atoms with van der Waals surface area (Å²) < 4.78 is 0. The van der Waals surface area contributed by atoms with Gasteiger partial charge in [-0.2, -0.15) is 0 Å². The van der Waals surface area contributed by atoms with E-state index in [-0.39, 0.29) is 30.2 Å². The number of nitrogens with one attached hydrogen (secondary N) is 2. The minimum Gasteiger partial charge on any atom is -0.368 e. The number of rotatable bonds is 7. The van der Waals surface area contributed by atoms with Crippen molar-refractivity contribution >= 4 is 17.7 Å². The molecule has 0 spiro atoms. The summed E-state index contributed by atoms with van der Waals surface area (Å²) >= 11 is 0. The van der Waals surface area contributed by atoms with Gasteiger partial charge in [-0.1, -0.05) is 18.6 Å². The van der Waals surface area contributed by atoms with Gasteiger partial charge in [0, 0.05) is 18.0 Å². The molecule has 24 heavy (non-hydrogen) atoms. The molecule has 7 heteroatoms. The molecule has 130 valence electrons. The van der Waals surface area contributed by atoms with E-state index in [4.69, 9.17) is 11.5 Å². The van der Waals surface area contributed by atoms with E-state index in [1.165, 1.54) is 0 Å². The Kier molecular flexibility index (Phi) is 6.31. The molecule has 1 aromatic rings. The number of hydrogen-bond donors (Lipinski definition) is 4. The average Bonchev–Trinajstić information content (AvgIpc) is 3.06. The predicted molar refractivity (Wildman–Crippen MR) is 89.7 cm³/mol. The summed E-state index contributed by atoms with van der Waals surface area (Å²) in [4.78, 5) is 34.7. The Morgan fingerprint density at radius 1 is 1.08 bits per heavy atom. The van der Waals surface area contributed by atoms with Gasteiger partial charge in [-0.3, -0.25) is 14.4 Å². The molecule has 0 radical (unpaired) electrons. The third kappa shape index (κ3) is 4.79. The zero-order valence-corrected chi connectivity index (χ0v) is 13.6. The Bertz CT molecular complexity index is 600. The minimum atomic E-state index is -0.592. The zero-order valence-electron chi connectivity index (χ0n) is 13.6. The summed E-state index contributed by atoms with van der Waals surface area (Å²) in [5.74, 6) is -0.618. The van der Waals surface area contributed by atoms with Crippen LogP contribution in [0.1, 0.15) is 35.2 Å². The van der Waals surface area contributed by atoms with Crippen LogP contribution in [-0.2, 0) is 16.1 Å². The lowest BCUT2D eigenvalue weighted by atomic mass is 9.95. The van der Waals surface area contributed by atoms with Gasteiger partial charge in [-0.15, -0.1) is 0 Å². The van der Waals surface area contributed by atoms with E-state index in [1.54, 1.807) is 24.3 Å². The molecule has 0 saturated heterocycles. The lowest BCUT2D eigenvalue weighted by Crippen LogP contribution is -2.34. The Morgan fingerprint density at radius 3 is 2.42 bits per heavy atom. The maximum absolute atomic E-state index is 12.2. The minimum absolute atomic E-state index is 0.00820. The highest BCUT2D eigenvalue weighted by molar-refractivity contribution is 5.96. The van der Waals surface area contributed by atoms with Gasteiger partial charge in [0.05, 0.1) is 6.54 Å². The van der Waals surface area contributed by atoms with Gasteiger partial charge in [0.15, 0.2) is 0 Å². The molecule has 2 atom stereocenters. The van der Waals surface area contributed by atoms with Crippen LogP contribution in [0.5, 0.6) is 0 Å². The molecule has 1 aliphatic rings. The molecule has 0 heterocycles. The first kappa shape index (κ1) is 17.9. The summed E-state index contributed by atoms with van der Waals surface area (Å²) in [5, 5.41) is 5.36. The van der Waals surface area contributed by atoms with Gasteiger partial charge in [0.25, 0.3) is 5.91 Å². The van der Waals surface area contributed by atoms with Gasteiger partial charge in [-0.05, 0) is 43.0 Å². The number of amides is 3. The molecule has 1 fully saturated rings.